The molecule has 174 valence electrons. The zero-order chi connectivity index (χ0) is 24.5. The Labute approximate surface area is 201 Å². The summed E-state index contributed by atoms with van der Waals surface area (Å²) in [6.07, 6.45) is 0.556. The van der Waals surface area contributed by atoms with Crippen LogP contribution in [0, 0.1) is 18.3 Å². The zero-order valence-corrected chi connectivity index (χ0v) is 20.2. The summed E-state index contributed by atoms with van der Waals surface area (Å²) in [5, 5.41) is 12.9. The predicted molar refractivity (Wildman–Crippen MR) is 130 cm³/mol. The molecule has 1 aliphatic heterocycles. The number of rotatable bonds is 5. The van der Waals surface area contributed by atoms with E-state index in [1.807, 2.05) is 6.92 Å². The van der Waals surface area contributed by atoms with E-state index in [-0.39, 0.29) is 22.1 Å². The van der Waals surface area contributed by atoms with Crippen molar-refractivity contribution in [2.75, 3.05) is 16.6 Å². The molecular formula is C24H22N4O4S2. The smallest absolute Gasteiger partial charge is 0.261 e. The lowest BCUT2D eigenvalue weighted by Gasteiger charge is -2.25. The third-order valence-corrected chi connectivity index (χ3v) is 8.08. The molecule has 3 aromatic rings. The molecule has 2 N–H and O–H groups in total. The molecule has 0 bridgehead atoms. The molecule has 10 heteroatoms. The van der Waals surface area contributed by atoms with Crippen LogP contribution < -0.4 is 10.0 Å². The Morgan fingerprint density at radius 1 is 1.15 bits per heavy atom. The Kier molecular flexibility index (Phi) is 6.41. The molecule has 0 atom stereocenters. The summed E-state index contributed by atoms with van der Waals surface area (Å²) in [6, 6.07) is 14.8. The fourth-order valence-corrected chi connectivity index (χ4v) is 5.97. The van der Waals surface area contributed by atoms with Gasteiger partial charge < -0.3 is 10.2 Å². The Morgan fingerprint density at radius 3 is 2.56 bits per heavy atom. The van der Waals surface area contributed by atoms with Gasteiger partial charge >= 0.3 is 0 Å². The minimum atomic E-state index is -3.81. The molecule has 0 radical (unpaired) electrons. The van der Waals surface area contributed by atoms with Gasteiger partial charge in [0.15, 0.2) is 0 Å². The first kappa shape index (κ1) is 23.5. The molecule has 0 unspecified atom stereocenters. The normalized spacial score (nSPS) is 13.0. The second-order valence-electron chi connectivity index (χ2n) is 7.96. The highest BCUT2D eigenvalue weighted by molar-refractivity contribution is 7.92. The number of anilines is 2. The maximum Gasteiger partial charge on any atom is 0.261 e. The minimum absolute atomic E-state index is 0.0342. The lowest BCUT2D eigenvalue weighted by atomic mass is 10.0. The first-order chi connectivity index (χ1) is 16.2. The SMILES string of the molecule is CC(=O)N1CCc2c(sc(NC(=O)c3cccc(NS(=O)(=O)c4ccc(C)cc4)c3)c2C#N)C1. The molecule has 0 saturated heterocycles. The number of nitrogens with zero attached hydrogens (tertiary/aromatic N) is 2. The number of nitrogens with one attached hydrogen (secondary N) is 2. The third-order valence-electron chi connectivity index (χ3n) is 5.55. The molecule has 0 fully saturated rings. The summed E-state index contributed by atoms with van der Waals surface area (Å²) >= 11 is 1.28. The number of hydrogen-bond donors (Lipinski definition) is 2. The maximum atomic E-state index is 12.9. The van der Waals surface area contributed by atoms with E-state index >= 15 is 0 Å². The molecule has 0 aliphatic carbocycles. The van der Waals surface area contributed by atoms with E-state index in [1.165, 1.54) is 36.5 Å². The average molecular weight is 495 g/mol. The Bertz CT molecular complexity index is 1420. The Morgan fingerprint density at radius 2 is 1.88 bits per heavy atom. The number of sulfonamides is 1. The van der Waals surface area contributed by atoms with Gasteiger partial charge in [-0.1, -0.05) is 23.8 Å². The van der Waals surface area contributed by atoms with Crippen LogP contribution in [0.3, 0.4) is 0 Å². The van der Waals surface area contributed by atoms with Gasteiger partial charge in [-0.3, -0.25) is 14.3 Å². The van der Waals surface area contributed by atoms with Crippen LogP contribution in [-0.4, -0.2) is 31.7 Å². The molecule has 8 nitrogen and oxygen atoms in total. The summed E-state index contributed by atoms with van der Waals surface area (Å²) in [7, 11) is -3.81. The minimum Gasteiger partial charge on any atom is -0.337 e. The highest BCUT2D eigenvalue weighted by Gasteiger charge is 2.26. The third kappa shape index (κ3) is 4.81. The van der Waals surface area contributed by atoms with Crippen molar-refractivity contribution in [1.82, 2.24) is 4.90 Å². The number of fused-ring (bicyclic) bond motifs is 1. The summed E-state index contributed by atoms with van der Waals surface area (Å²) in [4.78, 5) is 27.4. The van der Waals surface area contributed by atoms with Crippen molar-refractivity contribution < 1.29 is 18.0 Å². The second kappa shape index (κ2) is 9.29. The topological polar surface area (TPSA) is 119 Å². The fraction of sp³-hybridized carbons (Fsp3) is 0.208. The van der Waals surface area contributed by atoms with Gasteiger partial charge in [0.25, 0.3) is 15.9 Å². The molecule has 0 spiro atoms. The van der Waals surface area contributed by atoms with Gasteiger partial charge in [0.2, 0.25) is 5.91 Å². The van der Waals surface area contributed by atoms with Gasteiger partial charge in [-0.05, 0) is 49.2 Å². The molecule has 2 amide bonds. The summed E-state index contributed by atoms with van der Waals surface area (Å²) in [6.45, 7) is 4.32. The number of aryl methyl sites for hydroxylation is 1. The van der Waals surface area contributed by atoms with E-state index < -0.39 is 15.9 Å². The molecule has 2 aromatic carbocycles. The summed E-state index contributed by atoms with van der Waals surface area (Å²) < 4.78 is 27.9. The van der Waals surface area contributed by atoms with Gasteiger partial charge in [-0.25, -0.2) is 8.42 Å². The van der Waals surface area contributed by atoms with Crippen LogP contribution in [0.15, 0.2) is 53.4 Å². The van der Waals surface area contributed by atoms with E-state index in [0.717, 1.165) is 16.0 Å². The van der Waals surface area contributed by atoms with Crippen LogP contribution in [0.2, 0.25) is 0 Å². The van der Waals surface area contributed by atoms with E-state index in [4.69, 9.17) is 0 Å². The number of carbonyl (C=O) groups is 2. The largest absolute Gasteiger partial charge is 0.337 e. The van der Waals surface area contributed by atoms with Gasteiger partial charge in [0.05, 0.1) is 17.0 Å². The van der Waals surface area contributed by atoms with Crippen LogP contribution >= 0.6 is 11.3 Å². The number of thiophene rings is 1. The monoisotopic (exact) mass is 494 g/mol. The van der Waals surface area contributed by atoms with Gasteiger partial charge in [-0.15, -0.1) is 11.3 Å². The summed E-state index contributed by atoms with van der Waals surface area (Å²) in [5.41, 5.74) is 2.70. The Balaban J connectivity index is 1.54. The van der Waals surface area contributed by atoms with Crippen LogP contribution in [0.4, 0.5) is 10.7 Å². The number of benzene rings is 2. The van der Waals surface area contributed by atoms with Crippen molar-refractivity contribution in [2.45, 2.75) is 31.7 Å². The average Bonchev–Trinajstić information content (AvgIpc) is 3.15. The van der Waals surface area contributed by atoms with Crippen molar-refractivity contribution in [3.63, 3.8) is 0 Å². The molecule has 0 saturated carbocycles. The van der Waals surface area contributed by atoms with Gasteiger partial charge in [-0.2, -0.15) is 5.26 Å². The number of nitriles is 1. The molecule has 1 aromatic heterocycles. The predicted octanol–water partition coefficient (Wildman–Crippen LogP) is 3.89. The molecule has 1 aliphatic rings. The van der Waals surface area contributed by atoms with Crippen molar-refractivity contribution in [2.24, 2.45) is 0 Å². The highest BCUT2D eigenvalue weighted by atomic mass is 32.2. The van der Waals surface area contributed by atoms with Crippen molar-refractivity contribution in [1.29, 1.82) is 5.26 Å². The maximum absolute atomic E-state index is 12.9. The number of hydrogen-bond acceptors (Lipinski definition) is 6. The fourth-order valence-electron chi connectivity index (χ4n) is 3.71. The highest BCUT2D eigenvalue weighted by Crippen LogP contribution is 2.37. The van der Waals surface area contributed by atoms with Crippen molar-refractivity contribution >= 4 is 43.9 Å². The van der Waals surface area contributed by atoms with Gasteiger partial charge in [0.1, 0.15) is 11.1 Å². The molecule has 34 heavy (non-hydrogen) atoms. The second-order valence-corrected chi connectivity index (χ2v) is 10.8. The van der Waals surface area contributed by atoms with E-state index in [1.54, 1.807) is 35.2 Å². The van der Waals surface area contributed by atoms with Crippen LogP contribution in [0.1, 0.15) is 38.8 Å². The standard InChI is InChI=1S/C24H22N4O4S2/c1-15-6-8-19(9-7-15)34(31,32)27-18-5-3-4-17(12-18)23(30)26-24-21(13-25)20-10-11-28(16(2)29)14-22(20)33-24/h3-9,12,27H,10-11,14H2,1-2H3,(H,26,30). The summed E-state index contributed by atoms with van der Waals surface area (Å²) in [5.74, 6) is -0.497. The van der Waals surface area contributed by atoms with E-state index in [9.17, 15) is 23.3 Å². The van der Waals surface area contributed by atoms with Gasteiger partial charge in [0, 0.05) is 29.6 Å². The lowest BCUT2D eigenvalue weighted by Crippen LogP contribution is -2.33. The first-order valence-corrected chi connectivity index (χ1v) is 12.8. The molecule has 4 rings (SSSR count). The zero-order valence-electron chi connectivity index (χ0n) is 18.6. The molecular weight excluding hydrogens is 472 g/mol. The van der Waals surface area contributed by atoms with E-state index in [0.29, 0.717) is 30.1 Å². The van der Waals surface area contributed by atoms with Crippen molar-refractivity contribution in [3.05, 3.63) is 75.7 Å². The number of carbonyl (C=O) groups excluding carboxylic acids is 2. The quantitative estimate of drug-likeness (QED) is 0.558. The lowest BCUT2D eigenvalue weighted by molar-refractivity contribution is -0.129. The molecule has 2 heterocycles. The van der Waals surface area contributed by atoms with E-state index in [2.05, 4.69) is 16.1 Å². The van der Waals surface area contributed by atoms with Crippen LogP contribution in [-0.2, 0) is 27.8 Å². The first-order valence-electron chi connectivity index (χ1n) is 10.5. The van der Waals surface area contributed by atoms with Crippen molar-refractivity contribution in [3.8, 4) is 6.07 Å². The number of amides is 2. The van der Waals surface area contributed by atoms with Crippen LogP contribution in [0.25, 0.3) is 0 Å². The Hall–Kier alpha value is -3.68. The van der Waals surface area contributed by atoms with Crippen LogP contribution in [0.5, 0.6) is 0 Å².